The summed E-state index contributed by atoms with van der Waals surface area (Å²) in [7, 11) is -4.61. The molecule has 0 aromatic rings. The van der Waals surface area contributed by atoms with Crippen LogP contribution in [0.3, 0.4) is 0 Å². The number of aliphatic hydroxyl groups is 3. The van der Waals surface area contributed by atoms with Crippen molar-refractivity contribution in [3.63, 3.8) is 0 Å². The van der Waals surface area contributed by atoms with Gasteiger partial charge in [0.05, 0.1) is 6.61 Å². The molecule has 0 saturated carbocycles. The van der Waals surface area contributed by atoms with E-state index in [0.29, 0.717) is 12.8 Å². The first-order chi connectivity index (χ1) is 32.0. The van der Waals surface area contributed by atoms with Crippen molar-refractivity contribution in [3.8, 4) is 0 Å². The van der Waals surface area contributed by atoms with Crippen molar-refractivity contribution in [2.45, 2.75) is 230 Å². The van der Waals surface area contributed by atoms with Crippen LogP contribution in [0, 0.1) is 0 Å². The topological polar surface area (TPSA) is 186 Å². The molecular weight excluding hydrogens is 861 g/mol. The van der Waals surface area contributed by atoms with Gasteiger partial charge in [0.15, 0.2) is 12.4 Å². The molecule has 1 saturated heterocycles. The molecule has 380 valence electrons. The molecule has 1 heterocycles. The van der Waals surface area contributed by atoms with Crippen LogP contribution in [0.5, 0.6) is 0 Å². The summed E-state index contributed by atoms with van der Waals surface area (Å²) in [6.07, 6.45) is 45.0. The van der Waals surface area contributed by atoms with Crippen LogP contribution in [0.2, 0.25) is 0 Å². The van der Waals surface area contributed by atoms with Gasteiger partial charge in [-0.3, -0.25) is 14.1 Å². The van der Waals surface area contributed by atoms with Crippen LogP contribution < -0.4 is 0 Å². The molecule has 6 unspecified atom stereocenters. The minimum atomic E-state index is -4.61. The van der Waals surface area contributed by atoms with Crippen molar-refractivity contribution in [2.24, 2.45) is 0 Å². The third-order valence-electron chi connectivity index (χ3n) is 11.3. The minimum Gasteiger partial charge on any atom is -0.462 e. The van der Waals surface area contributed by atoms with E-state index >= 15 is 0 Å². The standard InChI is InChI=1S/C53H90O12S/c1-3-5-7-9-11-13-15-17-19-21-23-25-27-29-31-33-35-37-39-41-48(54)62-43-46(44-63-53-52(58)51(57)50(56)47(65-53)45-66(59,60)61)64-49(55)42-40-38-36-34-32-30-28-26-24-22-20-18-16-14-12-10-8-6-4-2/h6,8,11-14,17-20,24,26,46-47,50-53,56-58H,3-5,7,9-10,15-16,21-23,25,27-45H2,1-2H3,(H,59,60,61)/b8-6-,13-11-,14-12-,19-17-,20-18-,26-24-. The first-order valence-corrected chi connectivity index (χ1v) is 27.1. The maximum absolute atomic E-state index is 12.9. The number of ether oxygens (including phenoxy) is 4. The number of unbranched alkanes of at least 4 members (excludes halogenated alkanes) is 18. The van der Waals surface area contributed by atoms with Gasteiger partial charge < -0.3 is 34.3 Å². The SMILES string of the molecule is CC/C=C\C/C=C\C/C=C\C/C=C\CCCCCCCCC(=O)OC(COC(=O)CCCCCCCCCCC/C=C\C/C=C\CCCCC)COC1OC(CS(=O)(=O)O)C(O)C(O)C1O. The molecule has 0 amide bonds. The van der Waals surface area contributed by atoms with Gasteiger partial charge in [-0.15, -0.1) is 0 Å². The number of aliphatic hydroxyl groups excluding tert-OH is 3. The van der Waals surface area contributed by atoms with E-state index < -0.39 is 71.2 Å². The molecule has 0 bridgehead atoms. The summed E-state index contributed by atoms with van der Waals surface area (Å²) in [6, 6.07) is 0. The Morgan fingerprint density at radius 3 is 1.42 bits per heavy atom. The van der Waals surface area contributed by atoms with E-state index in [1.807, 2.05) is 0 Å². The molecule has 4 N–H and O–H groups in total. The van der Waals surface area contributed by atoms with Gasteiger partial charge in [0, 0.05) is 12.8 Å². The van der Waals surface area contributed by atoms with Crippen LogP contribution in [0.4, 0.5) is 0 Å². The van der Waals surface area contributed by atoms with Gasteiger partial charge in [0.25, 0.3) is 10.1 Å². The lowest BCUT2D eigenvalue weighted by molar-refractivity contribution is -0.297. The summed E-state index contributed by atoms with van der Waals surface area (Å²) < 4.78 is 54.2. The Morgan fingerprint density at radius 2 is 0.955 bits per heavy atom. The Kier molecular flexibility index (Phi) is 39.1. The average molecular weight is 951 g/mol. The van der Waals surface area contributed by atoms with Gasteiger partial charge in [-0.2, -0.15) is 8.42 Å². The Hall–Kier alpha value is -2.91. The number of carbonyl (C=O) groups is 2. The first kappa shape index (κ1) is 61.1. The van der Waals surface area contributed by atoms with Gasteiger partial charge in [0.1, 0.15) is 36.8 Å². The fourth-order valence-electron chi connectivity index (χ4n) is 7.34. The lowest BCUT2D eigenvalue weighted by atomic mass is 10.00. The van der Waals surface area contributed by atoms with Crippen molar-refractivity contribution in [1.82, 2.24) is 0 Å². The molecule has 12 nitrogen and oxygen atoms in total. The van der Waals surface area contributed by atoms with Crippen LogP contribution in [0.15, 0.2) is 72.9 Å². The lowest BCUT2D eigenvalue weighted by Gasteiger charge is -2.40. The third kappa shape index (κ3) is 36.2. The lowest BCUT2D eigenvalue weighted by Crippen LogP contribution is -2.60. The normalized spacial score (nSPS) is 20.0. The number of hydrogen-bond donors (Lipinski definition) is 4. The van der Waals surface area contributed by atoms with Gasteiger partial charge in [-0.05, 0) is 83.5 Å². The Bertz CT molecular complexity index is 1490. The summed E-state index contributed by atoms with van der Waals surface area (Å²) in [6.45, 7) is 3.62. The monoisotopic (exact) mass is 951 g/mol. The second-order valence-corrected chi connectivity index (χ2v) is 18.9. The van der Waals surface area contributed by atoms with E-state index in [1.54, 1.807) is 0 Å². The van der Waals surface area contributed by atoms with Crippen LogP contribution in [0.1, 0.15) is 194 Å². The molecule has 0 aromatic heterocycles. The van der Waals surface area contributed by atoms with Gasteiger partial charge in [-0.25, -0.2) is 0 Å². The molecule has 1 aliphatic rings. The molecule has 0 spiro atoms. The highest BCUT2D eigenvalue weighted by Crippen LogP contribution is 2.24. The highest BCUT2D eigenvalue weighted by molar-refractivity contribution is 7.85. The van der Waals surface area contributed by atoms with Crippen LogP contribution in [-0.2, 0) is 38.7 Å². The van der Waals surface area contributed by atoms with Crippen molar-refractivity contribution < 1.29 is 56.8 Å². The van der Waals surface area contributed by atoms with Gasteiger partial charge >= 0.3 is 11.9 Å². The van der Waals surface area contributed by atoms with E-state index in [-0.39, 0.29) is 19.4 Å². The van der Waals surface area contributed by atoms with Crippen LogP contribution in [-0.4, -0.2) is 96.0 Å². The predicted molar refractivity (Wildman–Crippen MR) is 265 cm³/mol. The molecule has 6 atom stereocenters. The fourth-order valence-corrected chi connectivity index (χ4v) is 8.04. The van der Waals surface area contributed by atoms with Crippen molar-refractivity contribution in [2.75, 3.05) is 19.0 Å². The second-order valence-electron chi connectivity index (χ2n) is 17.4. The molecule has 0 aromatic carbocycles. The molecule has 1 rings (SSSR count). The zero-order valence-electron chi connectivity index (χ0n) is 40.8. The van der Waals surface area contributed by atoms with Crippen molar-refractivity contribution in [1.29, 1.82) is 0 Å². The van der Waals surface area contributed by atoms with E-state index in [1.165, 1.54) is 57.8 Å². The zero-order chi connectivity index (χ0) is 48.4. The van der Waals surface area contributed by atoms with Crippen molar-refractivity contribution >= 4 is 22.1 Å². The number of allylic oxidation sites excluding steroid dienone is 12. The van der Waals surface area contributed by atoms with E-state index in [2.05, 4.69) is 86.8 Å². The summed E-state index contributed by atoms with van der Waals surface area (Å²) in [5.74, 6) is -2.01. The Morgan fingerprint density at radius 1 is 0.530 bits per heavy atom. The summed E-state index contributed by atoms with van der Waals surface area (Å²) in [5, 5.41) is 31.0. The van der Waals surface area contributed by atoms with Crippen LogP contribution >= 0.6 is 0 Å². The summed E-state index contributed by atoms with van der Waals surface area (Å²) in [5.41, 5.74) is 0. The smallest absolute Gasteiger partial charge is 0.306 e. The maximum atomic E-state index is 12.9. The fraction of sp³-hybridized carbons (Fsp3) is 0.736. The maximum Gasteiger partial charge on any atom is 0.306 e. The molecule has 0 aliphatic carbocycles. The highest BCUT2D eigenvalue weighted by atomic mass is 32.2. The zero-order valence-corrected chi connectivity index (χ0v) is 41.6. The quantitative estimate of drug-likeness (QED) is 0.0197. The van der Waals surface area contributed by atoms with Crippen LogP contribution in [0.25, 0.3) is 0 Å². The first-order valence-electron chi connectivity index (χ1n) is 25.5. The molecule has 13 heteroatoms. The number of esters is 2. The van der Waals surface area contributed by atoms with Gasteiger partial charge in [-0.1, -0.05) is 170 Å². The molecule has 1 aliphatic heterocycles. The molecule has 0 radical (unpaired) electrons. The second kappa shape index (κ2) is 42.2. The molecular formula is C53H90O12S. The number of carbonyl (C=O) groups excluding carboxylic acids is 2. The minimum absolute atomic E-state index is 0.144. The average Bonchev–Trinajstić information content (AvgIpc) is 3.28. The molecule has 66 heavy (non-hydrogen) atoms. The number of rotatable bonds is 42. The molecule has 1 fully saturated rings. The summed E-state index contributed by atoms with van der Waals surface area (Å²) >= 11 is 0. The summed E-state index contributed by atoms with van der Waals surface area (Å²) in [4.78, 5) is 25.5. The van der Waals surface area contributed by atoms with E-state index in [0.717, 1.165) is 96.3 Å². The van der Waals surface area contributed by atoms with E-state index in [4.69, 9.17) is 18.9 Å². The van der Waals surface area contributed by atoms with Crippen molar-refractivity contribution in [3.05, 3.63) is 72.9 Å². The Labute approximate surface area is 399 Å². The number of hydrogen-bond acceptors (Lipinski definition) is 11. The predicted octanol–water partition coefficient (Wildman–Crippen LogP) is 11.5. The van der Waals surface area contributed by atoms with E-state index in [9.17, 15) is 37.9 Å². The van der Waals surface area contributed by atoms with Gasteiger partial charge in [0.2, 0.25) is 0 Å². The largest absolute Gasteiger partial charge is 0.462 e. The highest BCUT2D eigenvalue weighted by Gasteiger charge is 2.46. The third-order valence-corrected chi connectivity index (χ3v) is 12.0. The Balaban J connectivity index is 2.40.